The molecule has 2 rings (SSSR count). The van der Waals surface area contributed by atoms with Crippen molar-refractivity contribution >= 4 is 0 Å². The molecule has 106 valence electrons. The minimum Gasteiger partial charge on any atom is -0.491 e. The first-order valence-corrected chi connectivity index (χ1v) is 6.43. The van der Waals surface area contributed by atoms with Crippen molar-refractivity contribution < 1.29 is 13.5 Å². The van der Waals surface area contributed by atoms with Crippen molar-refractivity contribution in [3.63, 3.8) is 0 Å². The van der Waals surface area contributed by atoms with E-state index in [0.717, 1.165) is 17.4 Å². The molecule has 2 nitrogen and oxygen atoms in total. The third-order valence-electron chi connectivity index (χ3n) is 3.20. The van der Waals surface area contributed by atoms with Crippen molar-refractivity contribution in [3.05, 3.63) is 65.2 Å². The molecule has 0 spiro atoms. The number of likely N-dealkylation sites (N-methyl/N-ethyl adjacent to an activating group) is 1. The highest BCUT2D eigenvalue weighted by Crippen LogP contribution is 2.22. The first kappa shape index (κ1) is 14.5. The van der Waals surface area contributed by atoms with E-state index >= 15 is 0 Å². The van der Waals surface area contributed by atoms with Crippen LogP contribution in [0.2, 0.25) is 0 Å². The van der Waals surface area contributed by atoms with Crippen molar-refractivity contribution in [2.24, 2.45) is 0 Å². The third kappa shape index (κ3) is 3.14. The number of hydrogen-bond donors (Lipinski definition) is 1. The second-order valence-corrected chi connectivity index (χ2v) is 4.56. The maximum Gasteiger partial charge on any atom is 0.163 e. The molecule has 20 heavy (non-hydrogen) atoms. The summed E-state index contributed by atoms with van der Waals surface area (Å²) in [5.41, 5.74) is 1.27. The van der Waals surface area contributed by atoms with Crippen LogP contribution in [0.4, 0.5) is 8.78 Å². The molecule has 0 amide bonds. The summed E-state index contributed by atoms with van der Waals surface area (Å²) in [6.45, 7) is 2.16. The first-order chi connectivity index (χ1) is 9.63. The number of ether oxygens (including phenoxy) is 1. The molecule has 1 unspecified atom stereocenters. The van der Waals surface area contributed by atoms with E-state index in [1.807, 2.05) is 31.2 Å². The van der Waals surface area contributed by atoms with Crippen LogP contribution < -0.4 is 10.1 Å². The topological polar surface area (TPSA) is 21.3 Å². The van der Waals surface area contributed by atoms with Gasteiger partial charge >= 0.3 is 0 Å². The summed E-state index contributed by atoms with van der Waals surface area (Å²) < 4.78 is 32.7. The van der Waals surface area contributed by atoms with Gasteiger partial charge in [-0.05, 0) is 31.7 Å². The number of rotatable bonds is 5. The average Bonchev–Trinajstić information content (AvgIpc) is 2.45. The second kappa shape index (κ2) is 6.48. The van der Waals surface area contributed by atoms with Crippen LogP contribution >= 0.6 is 0 Å². The third-order valence-corrected chi connectivity index (χ3v) is 3.20. The van der Waals surface area contributed by atoms with Gasteiger partial charge in [0.25, 0.3) is 0 Å². The van der Waals surface area contributed by atoms with Gasteiger partial charge in [0.05, 0.1) is 6.04 Å². The van der Waals surface area contributed by atoms with Gasteiger partial charge in [-0.1, -0.05) is 30.3 Å². The van der Waals surface area contributed by atoms with Gasteiger partial charge in [0.2, 0.25) is 0 Å². The summed E-state index contributed by atoms with van der Waals surface area (Å²) in [7, 11) is 1.69. The lowest BCUT2D eigenvalue weighted by Gasteiger charge is -2.19. The Morgan fingerprint density at radius 3 is 2.55 bits per heavy atom. The van der Waals surface area contributed by atoms with Gasteiger partial charge < -0.3 is 10.1 Å². The number of nitrogens with one attached hydrogen (secondary N) is 1. The highest BCUT2D eigenvalue weighted by atomic mass is 19.2. The molecule has 0 aromatic heterocycles. The molecule has 0 aliphatic rings. The predicted octanol–water partition coefficient (Wildman–Crippen LogP) is 3.61. The van der Waals surface area contributed by atoms with Gasteiger partial charge in [-0.3, -0.25) is 0 Å². The van der Waals surface area contributed by atoms with Crippen LogP contribution in [0.15, 0.2) is 42.5 Å². The maximum atomic E-state index is 13.8. The van der Waals surface area contributed by atoms with Gasteiger partial charge in [0.1, 0.15) is 12.4 Å². The Morgan fingerprint density at radius 2 is 1.85 bits per heavy atom. The lowest BCUT2D eigenvalue weighted by atomic mass is 10.1. The van der Waals surface area contributed by atoms with E-state index in [-0.39, 0.29) is 12.2 Å². The lowest BCUT2D eigenvalue weighted by molar-refractivity contribution is 0.267. The van der Waals surface area contributed by atoms with E-state index in [1.54, 1.807) is 13.1 Å². The normalized spacial score (nSPS) is 12.2. The Kier molecular flexibility index (Phi) is 4.69. The van der Waals surface area contributed by atoms with Crippen LogP contribution in [0, 0.1) is 18.6 Å². The number of para-hydroxylation sites is 1. The van der Waals surface area contributed by atoms with E-state index in [2.05, 4.69) is 5.32 Å². The minimum absolute atomic E-state index is 0.224. The van der Waals surface area contributed by atoms with Crippen molar-refractivity contribution in [2.75, 3.05) is 13.7 Å². The fourth-order valence-electron chi connectivity index (χ4n) is 2.01. The van der Waals surface area contributed by atoms with Crippen LogP contribution in [0.1, 0.15) is 17.2 Å². The molecule has 0 bridgehead atoms. The van der Waals surface area contributed by atoms with Crippen molar-refractivity contribution in [1.29, 1.82) is 0 Å². The zero-order valence-electron chi connectivity index (χ0n) is 11.5. The van der Waals surface area contributed by atoms with Crippen LogP contribution in [0.25, 0.3) is 0 Å². The highest BCUT2D eigenvalue weighted by Gasteiger charge is 2.17. The van der Waals surface area contributed by atoms with Gasteiger partial charge in [-0.15, -0.1) is 0 Å². The molecular formula is C16H17F2NO. The molecule has 0 radical (unpaired) electrons. The van der Waals surface area contributed by atoms with Gasteiger partial charge in [-0.2, -0.15) is 0 Å². The van der Waals surface area contributed by atoms with Crippen molar-refractivity contribution in [3.8, 4) is 5.75 Å². The van der Waals surface area contributed by atoms with E-state index in [9.17, 15) is 8.78 Å². The zero-order chi connectivity index (χ0) is 14.5. The Balaban J connectivity index is 2.14. The smallest absolute Gasteiger partial charge is 0.163 e. The standard InChI is InChI=1S/C16H17F2NO/c1-11-6-3-4-9-15(11)20-10-14(19-2)12-7-5-8-13(17)16(12)18/h3-9,14,19H,10H2,1-2H3. The average molecular weight is 277 g/mol. The van der Waals surface area contributed by atoms with E-state index in [1.165, 1.54) is 6.07 Å². The molecule has 2 aromatic carbocycles. The summed E-state index contributed by atoms with van der Waals surface area (Å²) in [6.07, 6.45) is 0. The number of halogens is 2. The zero-order valence-corrected chi connectivity index (χ0v) is 11.5. The molecular weight excluding hydrogens is 260 g/mol. The molecule has 0 heterocycles. The monoisotopic (exact) mass is 277 g/mol. The predicted molar refractivity (Wildman–Crippen MR) is 74.8 cm³/mol. The highest BCUT2D eigenvalue weighted by molar-refractivity contribution is 5.32. The van der Waals surface area contributed by atoms with E-state index < -0.39 is 17.7 Å². The molecule has 2 aromatic rings. The SMILES string of the molecule is CNC(COc1ccccc1C)c1cccc(F)c1F. The molecule has 1 atom stereocenters. The van der Waals surface area contributed by atoms with Crippen LogP contribution in [-0.4, -0.2) is 13.7 Å². The van der Waals surface area contributed by atoms with E-state index in [4.69, 9.17) is 4.74 Å². The fraction of sp³-hybridized carbons (Fsp3) is 0.250. The summed E-state index contributed by atoms with van der Waals surface area (Å²) in [6, 6.07) is 11.3. The maximum absolute atomic E-state index is 13.8. The molecule has 1 N–H and O–H groups in total. The summed E-state index contributed by atoms with van der Waals surface area (Å²) in [5.74, 6) is -0.941. The molecule has 0 fully saturated rings. The van der Waals surface area contributed by atoms with Crippen LogP contribution in [-0.2, 0) is 0 Å². The number of benzene rings is 2. The summed E-state index contributed by atoms with van der Waals surface area (Å²) in [5, 5.41) is 2.94. The molecule has 0 saturated carbocycles. The fourth-order valence-corrected chi connectivity index (χ4v) is 2.01. The number of hydrogen-bond acceptors (Lipinski definition) is 2. The largest absolute Gasteiger partial charge is 0.491 e. The van der Waals surface area contributed by atoms with Gasteiger partial charge in [0.15, 0.2) is 11.6 Å². The first-order valence-electron chi connectivity index (χ1n) is 6.43. The Bertz CT molecular complexity index is 586. The number of aryl methyl sites for hydroxylation is 1. The Hall–Kier alpha value is -1.94. The lowest BCUT2D eigenvalue weighted by Crippen LogP contribution is -2.24. The Morgan fingerprint density at radius 1 is 1.10 bits per heavy atom. The summed E-state index contributed by atoms with van der Waals surface area (Å²) >= 11 is 0. The van der Waals surface area contributed by atoms with E-state index in [0.29, 0.717) is 0 Å². The Labute approximate surface area is 117 Å². The minimum atomic E-state index is -0.848. The quantitative estimate of drug-likeness (QED) is 0.901. The molecule has 0 saturated heterocycles. The summed E-state index contributed by atoms with van der Waals surface area (Å²) in [4.78, 5) is 0. The van der Waals surface area contributed by atoms with Crippen molar-refractivity contribution in [2.45, 2.75) is 13.0 Å². The van der Waals surface area contributed by atoms with Gasteiger partial charge in [0, 0.05) is 5.56 Å². The molecule has 4 heteroatoms. The second-order valence-electron chi connectivity index (χ2n) is 4.56. The molecule has 0 aliphatic carbocycles. The van der Waals surface area contributed by atoms with Crippen LogP contribution in [0.3, 0.4) is 0 Å². The van der Waals surface area contributed by atoms with Gasteiger partial charge in [-0.25, -0.2) is 8.78 Å². The van der Waals surface area contributed by atoms with Crippen LogP contribution in [0.5, 0.6) is 5.75 Å². The molecule has 0 aliphatic heterocycles. The van der Waals surface area contributed by atoms with Crippen molar-refractivity contribution in [1.82, 2.24) is 5.32 Å².